The number of hydrogen-bond acceptors (Lipinski definition) is 4. The molecule has 1 aliphatic heterocycles. The number of nitrogens with one attached hydrogen (secondary N) is 1. The fourth-order valence-corrected chi connectivity index (χ4v) is 3.96. The summed E-state index contributed by atoms with van der Waals surface area (Å²) in [6.07, 6.45) is 0.209. The highest BCUT2D eigenvalue weighted by Gasteiger charge is 2.36. The van der Waals surface area contributed by atoms with Crippen LogP contribution in [0.5, 0.6) is 5.75 Å². The van der Waals surface area contributed by atoms with Crippen molar-refractivity contribution in [1.82, 2.24) is 4.72 Å². The summed E-state index contributed by atoms with van der Waals surface area (Å²) in [5.74, 6) is -1.75. The molecule has 0 aliphatic carbocycles. The molecule has 5 nitrogen and oxygen atoms in total. The van der Waals surface area contributed by atoms with Crippen molar-refractivity contribution < 1.29 is 27.0 Å². The first-order valence-electron chi connectivity index (χ1n) is 7.65. The lowest BCUT2D eigenvalue weighted by molar-refractivity contribution is 0.00218. The van der Waals surface area contributed by atoms with Crippen LogP contribution in [0, 0.1) is 11.6 Å². The van der Waals surface area contributed by atoms with E-state index in [-0.39, 0.29) is 25.1 Å². The Bertz CT molecular complexity index is 888. The summed E-state index contributed by atoms with van der Waals surface area (Å²) in [7, 11) is -3.97. The summed E-state index contributed by atoms with van der Waals surface area (Å²) in [6, 6.07) is 9.46. The summed E-state index contributed by atoms with van der Waals surface area (Å²) in [5.41, 5.74) is -1.21. The number of hydrogen-bond donors (Lipinski definition) is 2. The van der Waals surface area contributed by atoms with Crippen LogP contribution in [0.1, 0.15) is 17.5 Å². The number of rotatable bonds is 5. The SMILES string of the molecule is O=S(=O)(Cc1cc(F)ccc1F)NCC1(O)CCOc2ccccc21. The topological polar surface area (TPSA) is 75.6 Å². The standard InChI is InChI=1S/C17H17F2NO4S/c18-13-5-6-15(19)12(9-13)10-25(22,23)20-11-17(21)7-8-24-16-4-2-1-3-14(16)17/h1-6,9,20-21H,7-8,10-11H2. The van der Waals surface area contributed by atoms with E-state index in [1.165, 1.54) is 0 Å². The van der Waals surface area contributed by atoms with Crippen molar-refractivity contribution >= 4 is 10.0 Å². The average Bonchev–Trinajstić information content (AvgIpc) is 2.57. The quantitative estimate of drug-likeness (QED) is 0.846. The molecular formula is C17H17F2NO4S. The van der Waals surface area contributed by atoms with Gasteiger partial charge in [0.25, 0.3) is 0 Å². The van der Waals surface area contributed by atoms with Gasteiger partial charge in [0.05, 0.1) is 12.4 Å². The molecule has 2 N–H and O–H groups in total. The van der Waals surface area contributed by atoms with Crippen molar-refractivity contribution in [2.24, 2.45) is 0 Å². The molecular weight excluding hydrogens is 352 g/mol. The van der Waals surface area contributed by atoms with Crippen LogP contribution in [0.25, 0.3) is 0 Å². The molecule has 134 valence electrons. The molecule has 3 rings (SSSR count). The normalized spacial score (nSPS) is 20.0. The summed E-state index contributed by atoms with van der Waals surface area (Å²) in [5, 5.41) is 10.8. The van der Waals surface area contributed by atoms with E-state index in [1.807, 2.05) is 0 Å². The van der Waals surface area contributed by atoms with Crippen LogP contribution in [0.15, 0.2) is 42.5 Å². The highest BCUT2D eigenvalue weighted by molar-refractivity contribution is 7.88. The average molecular weight is 369 g/mol. The first-order valence-corrected chi connectivity index (χ1v) is 9.30. The van der Waals surface area contributed by atoms with E-state index in [0.717, 1.165) is 18.2 Å². The number of sulfonamides is 1. The Balaban J connectivity index is 1.75. The predicted octanol–water partition coefficient (Wildman–Crippen LogP) is 2.05. The van der Waals surface area contributed by atoms with Gasteiger partial charge in [-0.25, -0.2) is 21.9 Å². The van der Waals surface area contributed by atoms with Gasteiger partial charge in [-0.1, -0.05) is 18.2 Å². The molecule has 2 aromatic rings. The molecule has 0 aromatic heterocycles. The van der Waals surface area contributed by atoms with Gasteiger partial charge in [0.2, 0.25) is 10.0 Å². The third kappa shape index (κ3) is 3.97. The lowest BCUT2D eigenvalue weighted by Gasteiger charge is -2.34. The molecule has 0 spiro atoms. The number of halogens is 2. The van der Waals surface area contributed by atoms with Crippen LogP contribution in [-0.2, 0) is 21.4 Å². The minimum Gasteiger partial charge on any atom is -0.493 e. The molecule has 0 bridgehead atoms. The Kier molecular flexibility index (Phi) is 4.77. The molecule has 1 unspecified atom stereocenters. The highest BCUT2D eigenvalue weighted by atomic mass is 32.2. The zero-order valence-corrected chi connectivity index (χ0v) is 14.0. The summed E-state index contributed by atoms with van der Waals surface area (Å²) >= 11 is 0. The molecule has 0 fully saturated rings. The molecule has 2 aromatic carbocycles. The minimum absolute atomic E-state index is 0.209. The molecule has 1 heterocycles. The number of benzene rings is 2. The van der Waals surface area contributed by atoms with Gasteiger partial charge in [-0.3, -0.25) is 0 Å². The van der Waals surface area contributed by atoms with Gasteiger partial charge in [-0.15, -0.1) is 0 Å². The van der Waals surface area contributed by atoms with Crippen molar-refractivity contribution in [2.45, 2.75) is 17.8 Å². The van der Waals surface area contributed by atoms with Crippen molar-refractivity contribution in [3.8, 4) is 5.75 Å². The second-order valence-electron chi connectivity index (χ2n) is 5.94. The van der Waals surface area contributed by atoms with Crippen LogP contribution >= 0.6 is 0 Å². The first kappa shape index (κ1) is 17.8. The van der Waals surface area contributed by atoms with Gasteiger partial charge in [0.15, 0.2) is 0 Å². The van der Waals surface area contributed by atoms with E-state index in [2.05, 4.69) is 4.72 Å². The molecule has 1 atom stereocenters. The maximum atomic E-state index is 13.6. The predicted molar refractivity (Wildman–Crippen MR) is 87.4 cm³/mol. The van der Waals surface area contributed by atoms with E-state index in [9.17, 15) is 22.3 Å². The van der Waals surface area contributed by atoms with Crippen molar-refractivity contribution in [3.63, 3.8) is 0 Å². The van der Waals surface area contributed by atoms with Crippen LogP contribution in [0.3, 0.4) is 0 Å². The van der Waals surface area contributed by atoms with Gasteiger partial charge < -0.3 is 9.84 Å². The Hall–Kier alpha value is -2.03. The maximum absolute atomic E-state index is 13.6. The number of aliphatic hydroxyl groups is 1. The summed E-state index contributed by atoms with van der Waals surface area (Å²) in [6.45, 7) is -0.0413. The summed E-state index contributed by atoms with van der Waals surface area (Å²) in [4.78, 5) is 0. The van der Waals surface area contributed by atoms with Crippen molar-refractivity contribution in [1.29, 1.82) is 0 Å². The molecule has 0 amide bonds. The summed E-state index contributed by atoms with van der Waals surface area (Å²) < 4.78 is 59.0. The van der Waals surface area contributed by atoms with Gasteiger partial charge in [0.1, 0.15) is 23.0 Å². The van der Waals surface area contributed by atoms with Gasteiger partial charge >= 0.3 is 0 Å². The number of ether oxygens (including phenoxy) is 1. The van der Waals surface area contributed by atoms with Crippen molar-refractivity contribution in [3.05, 3.63) is 65.2 Å². The van der Waals surface area contributed by atoms with Gasteiger partial charge in [-0.2, -0.15) is 0 Å². The van der Waals surface area contributed by atoms with Gasteiger partial charge in [0, 0.05) is 24.1 Å². The van der Waals surface area contributed by atoms with Crippen LogP contribution in [0.2, 0.25) is 0 Å². The van der Waals surface area contributed by atoms with Crippen LogP contribution < -0.4 is 9.46 Å². The first-order chi connectivity index (χ1) is 11.8. The molecule has 0 radical (unpaired) electrons. The molecule has 1 aliphatic rings. The zero-order chi connectivity index (χ0) is 18.1. The largest absolute Gasteiger partial charge is 0.493 e. The smallest absolute Gasteiger partial charge is 0.215 e. The fraction of sp³-hybridized carbons (Fsp3) is 0.294. The molecule has 0 saturated heterocycles. The third-order valence-corrected chi connectivity index (χ3v) is 5.37. The number of para-hydroxylation sites is 1. The van der Waals surface area contributed by atoms with E-state index in [1.54, 1.807) is 24.3 Å². The lowest BCUT2D eigenvalue weighted by atomic mass is 9.88. The lowest BCUT2D eigenvalue weighted by Crippen LogP contribution is -2.44. The third-order valence-electron chi connectivity index (χ3n) is 4.10. The minimum atomic E-state index is -3.97. The van der Waals surface area contributed by atoms with E-state index in [0.29, 0.717) is 11.3 Å². The highest BCUT2D eigenvalue weighted by Crippen LogP contribution is 2.36. The van der Waals surface area contributed by atoms with Crippen LogP contribution in [-0.4, -0.2) is 26.7 Å². The van der Waals surface area contributed by atoms with Crippen LogP contribution in [0.4, 0.5) is 8.78 Å². The monoisotopic (exact) mass is 369 g/mol. The second-order valence-corrected chi connectivity index (χ2v) is 7.75. The Morgan fingerprint density at radius 1 is 1.20 bits per heavy atom. The molecule has 0 saturated carbocycles. The van der Waals surface area contributed by atoms with Crippen molar-refractivity contribution in [2.75, 3.05) is 13.2 Å². The van der Waals surface area contributed by atoms with Gasteiger partial charge in [-0.05, 0) is 24.3 Å². The second kappa shape index (κ2) is 6.70. The Morgan fingerprint density at radius 2 is 1.96 bits per heavy atom. The number of fused-ring (bicyclic) bond motifs is 1. The Labute approximate surface area is 144 Å². The van der Waals surface area contributed by atoms with E-state index >= 15 is 0 Å². The Morgan fingerprint density at radius 3 is 2.76 bits per heavy atom. The van der Waals surface area contributed by atoms with E-state index in [4.69, 9.17) is 4.74 Å². The van der Waals surface area contributed by atoms with E-state index < -0.39 is 33.0 Å². The molecule has 25 heavy (non-hydrogen) atoms. The maximum Gasteiger partial charge on any atom is 0.215 e. The fourth-order valence-electron chi connectivity index (χ4n) is 2.76. The molecule has 8 heteroatoms. The zero-order valence-electron chi connectivity index (χ0n) is 13.2.